The summed E-state index contributed by atoms with van der Waals surface area (Å²) in [6, 6.07) is 3.51. The van der Waals surface area contributed by atoms with Gasteiger partial charge < -0.3 is 10.1 Å². The first-order valence-electron chi connectivity index (χ1n) is 4.12. The number of hydrogen-bond donors (Lipinski definition) is 1. The Hall–Kier alpha value is -1.58. The van der Waals surface area contributed by atoms with E-state index < -0.39 is 0 Å². The van der Waals surface area contributed by atoms with Gasteiger partial charge in [0.05, 0.1) is 6.20 Å². The number of aromatic nitrogens is 1. The summed E-state index contributed by atoms with van der Waals surface area (Å²) < 4.78 is 5.15. The summed E-state index contributed by atoms with van der Waals surface area (Å²) >= 11 is 0. The molecule has 0 radical (unpaired) electrons. The van der Waals surface area contributed by atoms with E-state index in [0.29, 0.717) is 12.3 Å². The topological polar surface area (TPSA) is 51.2 Å². The zero-order valence-corrected chi connectivity index (χ0v) is 7.49. The number of ether oxygens (including phenoxy) is 1. The van der Waals surface area contributed by atoms with Gasteiger partial charge in [-0.05, 0) is 19.1 Å². The molecule has 0 atom stereocenters. The van der Waals surface area contributed by atoms with E-state index in [1.54, 1.807) is 24.5 Å². The lowest BCUT2D eigenvalue weighted by molar-refractivity contribution is -0.122. The molecule has 1 aromatic rings. The second kappa shape index (κ2) is 5.13. The lowest BCUT2D eigenvalue weighted by Crippen LogP contribution is -2.28. The van der Waals surface area contributed by atoms with Crippen LogP contribution in [-0.4, -0.2) is 24.0 Å². The molecule has 1 aromatic heterocycles. The normalized spacial score (nSPS) is 9.31. The summed E-state index contributed by atoms with van der Waals surface area (Å²) in [5, 5.41) is 2.63. The molecule has 0 aliphatic rings. The molecule has 1 rings (SSSR count). The second-order valence-electron chi connectivity index (χ2n) is 2.43. The van der Waals surface area contributed by atoms with Gasteiger partial charge in [-0.3, -0.25) is 9.78 Å². The summed E-state index contributed by atoms with van der Waals surface area (Å²) in [6.07, 6.45) is 3.22. The van der Waals surface area contributed by atoms with E-state index >= 15 is 0 Å². The Morgan fingerprint density at radius 2 is 2.54 bits per heavy atom. The molecule has 0 saturated heterocycles. The Balaban J connectivity index is 2.31. The van der Waals surface area contributed by atoms with E-state index in [1.807, 2.05) is 6.92 Å². The Labute approximate surface area is 76.9 Å². The zero-order chi connectivity index (χ0) is 9.52. The van der Waals surface area contributed by atoms with Gasteiger partial charge in [-0.1, -0.05) is 0 Å². The van der Waals surface area contributed by atoms with Gasteiger partial charge in [-0.25, -0.2) is 0 Å². The first-order valence-corrected chi connectivity index (χ1v) is 4.12. The number of carbonyl (C=O) groups is 1. The maximum atomic E-state index is 11.0. The number of amides is 1. The van der Waals surface area contributed by atoms with Crippen LogP contribution in [-0.2, 0) is 4.79 Å². The van der Waals surface area contributed by atoms with Crippen LogP contribution in [0.5, 0.6) is 5.75 Å². The number of nitrogens with one attached hydrogen (secondary N) is 1. The van der Waals surface area contributed by atoms with Crippen LogP contribution in [0.3, 0.4) is 0 Å². The molecular formula is C9H12N2O2. The van der Waals surface area contributed by atoms with Crippen molar-refractivity contribution in [3.8, 4) is 5.75 Å². The molecule has 1 N–H and O–H groups in total. The van der Waals surface area contributed by atoms with E-state index in [9.17, 15) is 4.79 Å². The molecule has 0 bridgehead atoms. The van der Waals surface area contributed by atoms with E-state index in [2.05, 4.69) is 10.3 Å². The molecule has 0 fully saturated rings. The SMILES string of the molecule is CCNC(=O)COc1cccnc1. The van der Waals surface area contributed by atoms with Crippen molar-refractivity contribution in [3.63, 3.8) is 0 Å². The van der Waals surface area contributed by atoms with Crippen molar-refractivity contribution < 1.29 is 9.53 Å². The van der Waals surface area contributed by atoms with Gasteiger partial charge in [-0.15, -0.1) is 0 Å². The largest absolute Gasteiger partial charge is 0.482 e. The van der Waals surface area contributed by atoms with Crippen LogP contribution in [0.25, 0.3) is 0 Å². The Kier molecular flexibility index (Phi) is 3.75. The molecule has 1 heterocycles. The van der Waals surface area contributed by atoms with Crippen molar-refractivity contribution >= 4 is 5.91 Å². The number of hydrogen-bond acceptors (Lipinski definition) is 3. The van der Waals surface area contributed by atoms with Crippen LogP contribution in [0.1, 0.15) is 6.92 Å². The lowest BCUT2D eigenvalue weighted by Gasteiger charge is -2.04. The summed E-state index contributed by atoms with van der Waals surface area (Å²) in [4.78, 5) is 14.8. The molecule has 4 nitrogen and oxygen atoms in total. The maximum Gasteiger partial charge on any atom is 0.257 e. The van der Waals surface area contributed by atoms with Gasteiger partial charge in [0.2, 0.25) is 0 Å². The molecule has 0 unspecified atom stereocenters. The molecule has 0 aliphatic carbocycles. The summed E-state index contributed by atoms with van der Waals surface area (Å²) in [5.74, 6) is 0.486. The third-order valence-corrected chi connectivity index (χ3v) is 1.38. The standard InChI is InChI=1S/C9H12N2O2/c1-2-11-9(12)7-13-8-4-3-5-10-6-8/h3-6H,2,7H2,1H3,(H,11,12). The predicted octanol–water partition coefficient (Wildman–Crippen LogP) is 0.597. The molecule has 0 saturated carbocycles. The van der Waals surface area contributed by atoms with E-state index in [0.717, 1.165) is 0 Å². The van der Waals surface area contributed by atoms with Crippen molar-refractivity contribution in [1.29, 1.82) is 0 Å². The van der Waals surface area contributed by atoms with Gasteiger partial charge >= 0.3 is 0 Å². The van der Waals surface area contributed by atoms with Crippen LogP contribution >= 0.6 is 0 Å². The summed E-state index contributed by atoms with van der Waals surface area (Å²) in [7, 11) is 0. The van der Waals surface area contributed by atoms with Gasteiger partial charge in [0, 0.05) is 12.7 Å². The minimum Gasteiger partial charge on any atom is -0.482 e. The zero-order valence-electron chi connectivity index (χ0n) is 7.49. The fraction of sp³-hybridized carbons (Fsp3) is 0.333. The molecule has 0 aliphatic heterocycles. The fourth-order valence-corrected chi connectivity index (χ4v) is 0.830. The number of carbonyl (C=O) groups excluding carboxylic acids is 1. The predicted molar refractivity (Wildman–Crippen MR) is 48.4 cm³/mol. The summed E-state index contributed by atoms with van der Waals surface area (Å²) in [6.45, 7) is 2.52. The Morgan fingerprint density at radius 1 is 1.69 bits per heavy atom. The van der Waals surface area contributed by atoms with Crippen LogP contribution in [0, 0.1) is 0 Å². The third-order valence-electron chi connectivity index (χ3n) is 1.38. The van der Waals surface area contributed by atoms with Gasteiger partial charge in [-0.2, -0.15) is 0 Å². The number of likely N-dealkylation sites (N-methyl/N-ethyl adjacent to an activating group) is 1. The minimum absolute atomic E-state index is 0.0412. The highest BCUT2D eigenvalue weighted by Crippen LogP contribution is 2.04. The van der Waals surface area contributed by atoms with Crippen molar-refractivity contribution in [2.45, 2.75) is 6.92 Å². The molecule has 4 heteroatoms. The second-order valence-corrected chi connectivity index (χ2v) is 2.43. The first kappa shape index (κ1) is 9.51. The van der Waals surface area contributed by atoms with Crippen LogP contribution in [0.2, 0.25) is 0 Å². The van der Waals surface area contributed by atoms with Gasteiger partial charge in [0.25, 0.3) is 5.91 Å². The van der Waals surface area contributed by atoms with Gasteiger partial charge in [0.15, 0.2) is 6.61 Å². The van der Waals surface area contributed by atoms with Crippen molar-refractivity contribution in [3.05, 3.63) is 24.5 Å². The number of pyridine rings is 1. The Morgan fingerprint density at radius 3 is 3.15 bits per heavy atom. The van der Waals surface area contributed by atoms with Crippen molar-refractivity contribution in [2.24, 2.45) is 0 Å². The van der Waals surface area contributed by atoms with Crippen LogP contribution in [0.4, 0.5) is 0 Å². The molecule has 1 amide bonds. The molecule has 70 valence electrons. The molecule has 0 aromatic carbocycles. The smallest absolute Gasteiger partial charge is 0.257 e. The summed E-state index contributed by atoms with van der Waals surface area (Å²) in [5.41, 5.74) is 0. The van der Waals surface area contributed by atoms with Crippen LogP contribution in [0.15, 0.2) is 24.5 Å². The third kappa shape index (κ3) is 3.55. The maximum absolute atomic E-state index is 11.0. The quantitative estimate of drug-likeness (QED) is 0.738. The van der Waals surface area contributed by atoms with Gasteiger partial charge in [0.1, 0.15) is 5.75 Å². The first-order chi connectivity index (χ1) is 6.33. The van der Waals surface area contributed by atoms with E-state index in [1.165, 1.54) is 0 Å². The molecular weight excluding hydrogens is 168 g/mol. The van der Waals surface area contributed by atoms with Crippen LogP contribution < -0.4 is 10.1 Å². The fourth-order valence-electron chi connectivity index (χ4n) is 0.830. The molecule has 13 heavy (non-hydrogen) atoms. The monoisotopic (exact) mass is 180 g/mol. The van der Waals surface area contributed by atoms with Crippen molar-refractivity contribution in [1.82, 2.24) is 10.3 Å². The number of rotatable bonds is 4. The molecule has 0 spiro atoms. The van der Waals surface area contributed by atoms with Crippen molar-refractivity contribution in [2.75, 3.05) is 13.2 Å². The van der Waals surface area contributed by atoms with E-state index in [4.69, 9.17) is 4.74 Å². The number of nitrogens with zero attached hydrogens (tertiary/aromatic N) is 1. The minimum atomic E-state index is -0.119. The van der Waals surface area contributed by atoms with E-state index in [-0.39, 0.29) is 12.5 Å². The average Bonchev–Trinajstić information content (AvgIpc) is 2.17. The lowest BCUT2D eigenvalue weighted by atomic mass is 10.5. The highest BCUT2D eigenvalue weighted by Gasteiger charge is 1.99. The highest BCUT2D eigenvalue weighted by molar-refractivity contribution is 5.77. The average molecular weight is 180 g/mol. The highest BCUT2D eigenvalue weighted by atomic mass is 16.5. The Bertz CT molecular complexity index is 262.